The number of amides is 2. The summed E-state index contributed by atoms with van der Waals surface area (Å²) in [4.78, 5) is 23.7. The van der Waals surface area contributed by atoms with Crippen molar-refractivity contribution >= 4 is 11.8 Å². The average Bonchev–Trinajstić information content (AvgIpc) is 2.38. The molecule has 5 heteroatoms. The van der Waals surface area contributed by atoms with Gasteiger partial charge in [-0.2, -0.15) is 0 Å². The maximum absolute atomic E-state index is 13.9. The van der Waals surface area contributed by atoms with E-state index in [0.29, 0.717) is 29.7 Å². The summed E-state index contributed by atoms with van der Waals surface area (Å²) in [7, 11) is 0. The normalized spacial score (nSPS) is 22.7. The van der Waals surface area contributed by atoms with Crippen LogP contribution in [-0.4, -0.2) is 11.8 Å². The van der Waals surface area contributed by atoms with E-state index in [2.05, 4.69) is 10.6 Å². The molecule has 1 heterocycles. The van der Waals surface area contributed by atoms with Gasteiger partial charge in [0.1, 0.15) is 5.82 Å². The first-order chi connectivity index (χ1) is 9.16. The van der Waals surface area contributed by atoms with Crippen LogP contribution in [0.3, 0.4) is 0 Å². The molecule has 0 fully saturated rings. The number of nitrogens with one attached hydrogen (secondary N) is 2. The van der Waals surface area contributed by atoms with Crippen molar-refractivity contribution in [1.82, 2.24) is 10.6 Å². The lowest BCUT2D eigenvalue weighted by atomic mass is 9.85. The van der Waals surface area contributed by atoms with E-state index >= 15 is 0 Å². The topological polar surface area (TPSA) is 58.2 Å². The number of rotatable bonds is 1. The number of halogens is 1. The zero-order valence-corrected chi connectivity index (χ0v) is 10.2. The number of ketones is 1. The van der Waals surface area contributed by atoms with E-state index in [1.807, 2.05) is 0 Å². The Morgan fingerprint density at radius 1 is 1.16 bits per heavy atom. The molecular weight excluding hydrogens is 247 g/mol. The van der Waals surface area contributed by atoms with E-state index < -0.39 is 11.9 Å². The van der Waals surface area contributed by atoms with Gasteiger partial charge in [0.05, 0.1) is 6.04 Å². The molecule has 4 nitrogen and oxygen atoms in total. The highest BCUT2D eigenvalue weighted by Crippen LogP contribution is 2.34. The molecule has 2 N–H and O–H groups in total. The van der Waals surface area contributed by atoms with Gasteiger partial charge >= 0.3 is 6.03 Å². The largest absolute Gasteiger partial charge is 0.327 e. The second-order valence-corrected chi connectivity index (χ2v) is 4.72. The highest BCUT2D eigenvalue weighted by Gasteiger charge is 2.35. The molecule has 98 valence electrons. The molecule has 1 aliphatic carbocycles. The number of carbonyl (C=O) groups is 2. The minimum Gasteiger partial charge on any atom is -0.327 e. The van der Waals surface area contributed by atoms with Crippen LogP contribution < -0.4 is 10.6 Å². The number of hydrogen-bond acceptors (Lipinski definition) is 2. The van der Waals surface area contributed by atoms with Crippen molar-refractivity contribution in [3.8, 4) is 0 Å². The number of hydrogen-bond donors (Lipinski definition) is 2. The van der Waals surface area contributed by atoms with Crippen LogP contribution in [0.25, 0.3) is 0 Å². The summed E-state index contributed by atoms with van der Waals surface area (Å²) < 4.78 is 13.9. The number of urea groups is 1. The van der Waals surface area contributed by atoms with E-state index in [4.69, 9.17) is 0 Å². The smallest absolute Gasteiger partial charge is 0.319 e. The van der Waals surface area contributed by atoms with Gasteiger partial charge in [-0.25, -0.2) is 9.18 Å². The van der Waals surface area contributed by atoms with Gasteiger partial charge in [0.2, 0.25) is 0 Å². The predicted molar refractivity (Wildman–Crippen MR) is 66.7 cm³/mol. The lowest BCUT2D eigenvalue weighted by Crippen LogP contribution is -2.46. The molecule has 1 atom stereocenters. The Kier molecular flexibility index (Phi) is 2.81. The first-order valence-corrected chi connectivity index (χ1v) is 6.25. The summed E-state index contributed by atoms with van der Waals surface area (Å²) in [5, 5.41) is 5.29. The van der Waals surface area contributed by atoms with E-state index in [-0.39, 0.29) is 11.8 Å². The van der Waals surface area contributed by atoms with E-state index in [9.17, 15) is 14.0 Å². The highest BCUT2D eigenvalue weighted by molar-refractivity contribution is 6.00. The molecule has 2 amide bonds. The van der Waals surface area contributed by atoms with Gasteiger partial charge < -0.3 is 10.6 Å². The minimum atomic E-state index is -0.683. The average molecular weight is 260 g/mol. The zero-order chi connectivity index (χ0) is 13.4. The van der Waals surface area contributed by atoms with Crippen LogP contribution >= 0.6 is 0 Å². The van der Waals surface area contributed by atoms with Crippen molar-refractivity contribution in [1.29, 1.82) is 0 Å². The Labute approximate surface area is 109 Å². The maximum atomic E-state index is 13.9. The zero-order valence-electron chi connectivity index (χ0n) is 10.2. The Morgan fingerprint density at radius 3 is 2.74 bits per heavy atom. The van der Waals surface area contributed by atoms with Crippen LogP contribution in [0.5, 0.6) is 0 Å². The van der Waals surface area contributed by atoms with Crippen LogP contribution in [0.1, 0.15) is 30.9 Å². The fraction of sp³-hybridized carbons (Fsp3) is 0.286. The summed E-state index contributed by atoms with van der Waals surface area (Å²) >= 11 is 0. The second kappa shape index (κ2) is 4.50. The van der Waals surface area contributed by atoms with Gasteiger partial charge in [-0.05, 0) is 18.9 Å². The third-order valence-electron chi connectivity index (χ3n) is 3.50. The van der Waals surface area contributed by atoms with Crippen molar-refractivity contribution in [2.45, 2.75) is 25.3 Å². The van der Waals surface area contributed by atoms with Crippen molar-refractivity contribution in [2.75, 3.05) is 0 Å². The van der Waals surface area contributed by atoms with Crippen LogP contribution in [0.15, 0.2) is 35.5 Å². The number of benzene rings is 1. The number of allylic oxidation sites excluding steroid dienone is 1. The molecule has 19 heavy (non-hydrogen) atoms. The summed E-state index contributed by atoms with van der Waals surface area (Å²) in [6.07, 6.45) is 1.82. The van der Waals surface area contributed by atoms with Gasteiger partial charge in [0, 0.05) is 23.3 Å². The second-order valence-electron chi connectivity index (χ2n) is 4.72. The number of carbonyl (C=O) groups excluding carboxylic acids is 2. The maximum Gasteiger partial charge on any atom is 0.319 e. The van der Waals surface area contributed by atoms with E-state index in [0.717, 1.165) is 6.42 Å². The molecule has 1 aromatic rings. The Hall–Kier alpha value is -2.17. The molecule has 0 unspecified atom stereocenters. The van der Waals surface area contributed by atoms with E-state index in [1.54, 1.807) is 18.2 Å². The van der Waals surface area contributed by atoms with Crippen LogP contribution in [0.4, 0.5) is 9.18 Å². The summed E-state index contributed by atoms with van der Waals surface area (Å²) in [5.74, 6) is -0.443. The molecule has 0 spiro atoms. The van der Waals surface area contributed by atoms with Crippen LogP contribution in [0, 0.1) is 5.82 Å². The van der Waals surface area contributed by atoms with Gasteiger partial charge in [-0.3, -0.25) is 4.79 Å². The van der Waals surface area contributed by atoms with Crippen molar-refractivity contribution in [2.24, 2.45) is 0 Å². The lowest BCUT2D eigenvalue weighted by Gasteiger charge is -2.32. The quantitative estimate of drug-likeness (QED) is 0.813. The molecule has 0 radical (unpaired) electrons. The molecule has 1 aromatic carbocycles. The van der Waals surface area contributed by atoms with Crippen molar-refractivity contribution < 1.29 is 14.0 Å². The monoisotopic (exact) mass is 260 g/mol. The molecule has 0 aromatic heterocycles. The van der Waals surface area contributed by atoms with Crippen LogP contribution in [0.2, 0.25) is 0 Å². The third-order valence-corrected chi connectivity index (χ3v) is 3.50. The first kappa shape index (κ1) is 11.9. The van der Waals surface area contributed by atoms with Gasteiger partial charge in [-0.15, -0.1) is 0 Å². The molecule has 1 aliphatic heterocycles. The molecule has 3 rings (SSSR count). The Bertz CT molecular complexity index is 595. The molecule has 0 bridgehead atoms. The van der Waals surface area contributed by atoms with Crippen molar-refractivity contribution in [3.05, 3.63) is 46.9 Å². The number of Topliss-reactive ketones (excluding diaryl/α,β-unsaturated/α-hetero) is 1. The van der Waals surface area contributed by atoms with Crippen molar-refractivity contribution in [3.63, 3.8) is 0 Å². The lowest BCUT2D eigenvalue weighted by molar-refractivity contribution is -0.116. The molecule has 0 saturated heterocycles. The fourth-order valence-corrected chi connectivity index (χ4v) is 2.65. The molecule has 2 aliphatic rings. The summed E-state index contributed by atoms with van der Waals surface area (Å²) in [6.45, 7) is 0. The van der Waals surface area contributed by atoms with Crippen LogP contribution in [-0.2, 0) is 4.79 Å². The van der Waals surface area contributed by atoms with Gasteiger partial charge in [-0.1, -0.05) is 18.2 Å². The predicted octanol–water partition coefficient (Wildman–Crippen LogP) is 2.19. The summed E-state index contributed by atoms with van der Waals surface area (Å²) in [5.41, 5.74) is 1.46. The minimum absolute atomic E-state index is 0.0259. The Balaban J connectivity index is 2.11. The molecular formula is C14H13FN2O2. The summed E-state index contributed by atoms with van der Waals surface area (Å²) in [6, 6.07) is 5.13. The molecule has 0 saturated carbocycles. The van der Waals surface area contributed by atoms with Gasteiger partial charge in [0.25, 0.3) is 0 Å². The highest BCUT2D eigenvalue weighted by atomic mass is 19.1. The Morgan fingerprint density at radius 2 is 1.95 bits per heavy atom. The third kappa shape index (κ3) is 2.01. The van der Waals surface area contributed by atoms with Gasteiger partial charge in [0.15, 0.2) is 5.78 Å². The first-order valence-electron chi connectivity index (χ1n) is 6.25. The fourth-order valence-electron chi connectivity index (χ4n) is 2.65. The van der Waals surface area contributed by atoms with E-state index in [1.165, 1.54) is 6.07 Å². The standard InChI is InChI=1S/C14H13FN2O2/c15-9-5-2-1-4-8(9)13-12-10(16-14(19)17-13)6-3-7-11(12)18/h1-2,4-5,13H,3,6-7H2,(H2,16,17,19)/t13-/m1/s1. The SMILES string of the molecule is O=C1NC2=C(C(=O)CCC2)[C@@H](c2ccccc2F)N1.